The maximum absolute atomic E-state index is 14.4. The van der Waals surface area contributed by atoms with E-state index in [1.807, 2.05) is 35.0 Å². The molecule has 35 heavy (non-hydrogen) atoms. The number of benzene rings is 2. The highest BCUT2D eigenvalue weighted by Gasteiger charge is 2.37. The first-order valence-corrected chi connectivity index (χ1v) is 12.7. The van der Waals surface area contributed by atoms with E-state index in [1.54, 1.807) is 23.1 Å². The first-order valence-electron chi connectivity index (χ1n) is 11.5. The number of carbonyl (C=O) groups is 3. The van der Waals surface area contributed by atoms with Gasteiger partial charge in [-0.15, -0.1) is 0 Å². The van der Waals surface area contributed by atoms with E-state index in [0.717, 1.165) is 52.4 Å². The van der Waals surface area contributed by atoms with Crippen LogP contribution in [-0.4, -0.2) is 51.1 Å². The summed E-state index contributed by atoms with van der Waals surface area (Å²) in [7, 11) is 0. The molecule has 0 unspecified atom stereocenters. The average Bonchev–Trinajstić information content (AvgIpc) is 3.34. The van der Waals surface area contributed by atoms with Crippen LogP contribution in [0.5, 0.6) is 0 Å². The zero-order chi connectivity index (χ0) is 24.5. The number of likely N-dealkylation sites (tertiary alicyclic amines) is 1. The molecule has 0 atom stereocenters. The van der Waals surface area contributed by atoms with Gasteiger partial charge < -0.3 is 9.47 Å². The van der Waals surface area contributed by atoms with Gasteiger partial charge in [0.15, 0.2) is 0 Å². The molecule has 3 aromatic rings. The van der Waals surface area contributed by atoms with Crippen LogP contribution in [0.15, 0.2) is 53.6 Å². The Balaban J connectivity index is 1.42. The summed E-state index contributed by atoms with van der Waals surface area (Å²) >= 11 is 7.07. The minimum atomic E-state index is -0.473. The number of imide groups is 1. The van der Waals surface area contributed by atoms with Gasteiger partial charge in [-0.05, 0) is 55.3 Å². The highest BCUT2D eigenvalue weighted by atomic mass is 35.5. The lowest BCUT2D eigenvalue weighted by atomic mass is 10.1. The molecule has 6 nitrogen and oxygen atoms in total. The first kappa shape index (κ1) is 23.6. The minimum absolute atomic E-state index is 0.202. The third kappa shape index (κ3) is 4.73. The van der Waals surface area contributed by atoms with Crippen molar-refractivity contribution in [3.05, 3.63) is 75.5 Å². The number of hydrogen-bond acceptors (Lipinski definition) is 4. The highest BCUT2D eigenvalue weighted by molar-refractivity contribution is 8.18. The summed E-state index contributed by atoms with van der Waals surface area (Å²) in [6.07, 6.45) is 6.45. The molecule has 9 heteroatoms. The lowest BCUT2D eigenvalue weighted by Crippen LogP contribution is -2.44. The molecule has 0 bridgehead atoms. The minimum Gasteiger partial charge on any atom is -0.342 e. The van der Waals surface area contributed by atoms with E-state index in [2.05, 4.69) is 0 Å². The van der Waals surface area contributed by atoms with Crippen molar-refractivity contribution in [1.82, 2.24) is 14.4 Å². The van der Waals surface area contributed by atoms with Gasteiger partial charge in [0.1, 0.15) is 12.4 Å². The molecule has 5 rings (SSSR count). The Labute approximate surface area is 211 Å². The van der Waals surface area contributed by atoms with Crippen LogP contribution in [0.25, 0.3) is 17.0 Å². The Kier molecular flexibility index (Phi) is 6.67. The van der Waals surface area contributed by atoms with Gasteiger partial charge in [0, 0.05) is 46.3 Å². The van der Waals surface area contributed by atoms with E-state index < -0.39 is 17.0 Å². The average molecular weight is 512 g/mol. The molecule has 3 amide bonds. The normalized spacial score (nSPS) is 17.7. The lowest BCUT2D eigenvalue weighted by Gasteiger charge is -2.27. The Morgan fingerprint density at radius 2 is 1.83 bits per heavy atom. The van der Waals surface area contributed by atoms with Crippen LogP contribution >= 0.6 is 23.4 Å². The third-order valence-corrected chi connectivity index (χ3v) is 7.63. The molecule has 2 fully saturated rings. The van der Waals surface area contributed by atoms with Gasteiger partial charge >= 0.3 is 0 Å². The number of halogens is 2. The summed E-state index contributed by atoms with van der Waals surface area (Å²) in [5.74, 6) is -1.07. The fourth-order valence-electron chi connectivity index (χ4n) is 4.53. The molecule has 2 aliphatic rings. The predicted octanol–water partition coefficient (Wildman–Crippen LogP) is 5.53. The smallest absolute Gasteiger partial charge is 0.294 e. The van der Waals surface area contributed by atoms with Gasteiger partial charge in [-0.2, -0.15) is 0 Å². The van der Waals surface area contributed by atoms with Gasteiger partial charge in [0.05, 0.1) is 11.4 Å². The molecule has 0 aliphatic carbocycles. The fraction of sp³-hybridized carbons (Fsp3) is 0.269. The van der Waals surface area contributed by atoms with E-state index in [4.69, 9.17) is 11.6 Å². The maximum atomic E-state index is 14.4. The molecule has 1 aromatic heterocycles. The van der Waals surface area contributed by atoms with Crippen molar-refractivity contribution >= 4 is 57.4 Å². The van der Waals surface area contributed by atoms with Crippen LogP contribution in [0.3, 0.4) is 0 Å². The van der Waals surface area contributed by atoms with E-state index in [0.29, 0.717) is 23.7 Å². The van der Waals surface area contributed by atoms with Gasteiger partial charge in [0.25, 0.3) is 11.1 Å². The zero-order valence-electron chi connectivity index (χ0n) is 18.9. The summed E-state index contributed by atoms with van der Waals surface area (Å²) in [6, 6.07) is 12.2. The van der Waals surface area contributed by atoms with Crippen LogP contribution in [0.1, 0.15) is 30.4 Å². The van der Waals surface area contributed by atoms with Crippen molar-refractivity contribution in [2.75, 3.05) is 19.6 Å². The monoisotopic (exact) mass is 511 g/mol. The standard InChI is InChI=1S/C26H23ClFN3O3S/c27-20-8-6-9-21(28)19(20)15-30-14-17(18-7-2-3-10-22(18)30)13-23-25(33)31(26(34)35-23)16-24(32)29-11-4-1-5-12-29/h2-3,6-10,13-14H,1,4-5,11-12,15-16H2/b23-13-. The molecule has 180 valence electrons. The van der Waals surface area contributed by atoms with Crippen LogP contribution in [0.2, 0.25) is 5.02 Å². The van der Waals surface area contributed by atoms with Gasteiger partial charge in [-0.3, -0.25) is 19.3 Å². The number of piperidine rings is 1. The number of para-hydroxylation sites is 1. The van der Waals surface area contributed by atoms with E-state index in [9.17, 15) is 18.8 Å². The number of nitrogens with zero attached hydrogens (tertiary/aromatic N) is 3. The molecule has 2 aromatic carbocycles. The van der Waals surface area contributed by atoms with E-state index >= 15 is 0 Å². The Morgan fingerprint density at radius 1 is 1.06 bits per heavy atom. The predicted molar refractivity (Wildman–Crippen MR) is 136 cm³/mol. The Morgan fingerprint density at radius 3 is 2.60 bits per heavy atom. The number of amides is 3. The molecule has 0 saturated carbocycles. The lowest BCUT2D eigenvalue weighted by molar-refractivity contribution is -0.136. The van der Waals surface area contributed by atoms with Crippen molar-refractivity contribution in [3.63, 3.8) is 0 Å². The van der Waals surface area contributed by atoms with Gasteiger partial charge in [-0.1, -0.05) is 35.9 Å². The molecule has 0 radical (unpaired) electrons. The molecular formula is C26H23ClFN3O3S. The van der Waals surface area contributed by atoms with Crippen molar-refractivity contribution < 1.29 is 18.8 Å². The largest absolute Gasteiger partial charge is 0.342 e. The van der Waals surface area contributed by atoms with Crippen LogP contribution in [-0.2, 0) is 16.1 Å². The molecule has 2 saturated heterocycles. The summed E-state index contributed by atoms with van der Waals surface area (Å²) in [4.78, 5) is 41.2. The third-order valence-electron chi connectivity index (χ3n) is 6.37. The quantitative estimate of drug-likeness (QED) is 0.422. The van der Waals surface area contributed by atoms with Crippen LogP contribution in [0.4, 0.5) is 9.18 Å². The second-order valence-corrected chi connectivity index (χ2v) is 10.0. The number of thioether (sulfide) groups is 1. The van der Waals surface area contributed by atoms with Crippen LogP contribution in [0, 0.1) is 5.82 Å². The molecule has 0 N–H and O–H groups in total. The highest BCUT2D eigenvalue weighted by Crippen LogP contribution is 2.34. The van der Waals surface area contributed by atoms with Crippen LogP contribution < -0.4 is 0 Å². The van der Waals surface area contributed by atoms with Crippen molar-refractivity contribution in [1.29, 1.82) is 0 Å². The maximum Gasteiger partial charge on any atom is 0.294 e. The van der Waals surface area contributed by atoms with Crippen molar-refractivity contribution in [3.8, 4) is 0 Å². The number of aromatic nitrogens is 1. The number of carbonyl (C=O) groups excluding carboxylic acids is 3. The fourth-order valence-corrected chi connectivity index (χ4v) is 5.58. The van der Waals surface area contributed by atoms with Crippen molar-refractivity contribution in [2.24, 2.45) is 0 Å². The summed E-state index contributed by atoms with van der Waals surface area (Å²) < 4.78 is 16.3. The summed E-state index contributed by atoms with van der Waals surface area (Å²) in [5.41, 5.74) is 1.94. The Hall–Kier alpha value is -3.10. The molecule has 0 spiro atoms. The first-order chi connectivity index (χ1) is 16.9. The molecule has 2 aliphatic heterocycles. The second-order valence-electron chi connectivity index (χ2n) is 8.64. The summed E-state index contributed by atoms with van der Waals surface area (Å²) in [5, 5.41) is 0.744. The topological polar surface area (TPSA) is 62.6 Å². The molecule has 3 heterocycles. The van der Waals surface area contributed by atoms with Gasteiger partial charge in [0.2, 0.25) is 5.91 Å². The second kappa shape index (κ2) is 9.87. The zero-order valence-corrected chi connectivity index (χ0v) is 20.4. The SMILES string of the molecule is O=C(CN1C(=O)S/C(=C\c2cn(Cc3c(F)cccc3Cl)c3ccccc23)C1=O)N1CCCCC1. The van der Waals surface area contributed by atoms with Gasteiger partial charge in [-0.25, -0.2) is 4.39 Å². The van der Waals surface area contributed by atoms with E-state index in [-0.39, 0.29) is 23.9 Å². The molecular weight excluding hydrogens is 489 g/mol. The van der Waals surface area contributed by atoms with E-state index in [1.165, 1.54) is 6.07 Å². The number of fused-ring (bicyclic) bond motifs is 1. The number of hydrogen-bond donors (Lipinski definition) is 0. The number of rotatable bonds is 5. The summed E-state index contributed by atoms with van der Waals surface area (Å²) in [6.45, 7) is 1.30. The Bertz CT molecular complexity index is 1340. The van der Waals surface area contributed by atoms with Crippen molar-refractivity contribution in [2.45, 2.75) is 25.8 Å².